The van der Waals surface area contributed by atoms with Crippen LogP contribution in [0.3, 0.4) is 0 Å². The van der Waals surface area contributed by atoms with Gasteiger partial charge in [-0.3, -0.25) is 4.90 Å². The molecule has 1 unspecified atom stereocenters. The third-order valence-corrected chi connectivity index (χ3v) is 4.14. The second kappa shape index (κ2) is 8.55. The fourth-order valence-electron chi connectivity index (χ4n) is 2.68. The van der Waals surface area contributed by atoms with Crippen LogP contribution in [0.15, 0.2) is 35.5 Å². The molecule has 1 saturated heterocycles. The van der Waals surface area contributed by atoms with E-state index in [0.717, 1.165) is 19.3 Å². The average molecular weight is 349 g/mol. The quantitative estimate of drug-likeness (QED) is 0.432. The van der Waals surface area contributed by atoms with Gasteiger partial charge in [0.15, 0.2) is 5.17 Å². The van der Waals surface area contributed by atoms with Gasteiger partial charge >= 0.3 is 6.18 Å². The summed E-state index contributed by atoms with van der Waals surface area (Å²) in [5.41, 5.74) is 0.664. The molecule has 23 heavy (non-hydrogen) atoms. The van der Waals surface area contributed by atoms with Gasteiger partial charge in [-0.2, -0.15) is 13.2 Å². The van der Waals surface area contributed by atoms with E-state index in [2.05, 4.69) is 5.16 Å². The predicted octanol–water partition coefficient (Wildman–Crippen LogP) is 4.41. The van der Waals surface area contributed by atoms with Gasteiger partial charge in [0.05, 0.1) is 0 Å². The third kappa shape index (κ3) is 5.70. The Labute approximate surface area is 139 Å². The number of hydrogen-bond acceptors (Lipinski definition) is 3. The molecular weight excluding hydrogens is 329 g/mol. The molecule has 0 spiro atoms. The lowest BCUT2D eigenvalue weighted by Gasteiger charge is -2.35. The number of oxime groups is 1. The zero-order chi connectivity index (χ0) is 16.7. The molecule has 0 N–H and O–H groups in total. The van der Waals surface area contributed by atoms with Crippen LogP contribution in [0.5, 0.6) is 0 Å². The standard InChI is InChI=1S/C16H20ClF3N2O/c17-15(13-7-3-1-4-8-13)21-23-12-9-14(16(18,19)20)22-10-5-2-6-11-22/h1,3-4,7-8,14H,2,5-6,9-12H2. The first-order chi connectivity index (χ1) is 11.0. The summed E-state index contributed by atoms with van der Waals surface area (Å²) in [6.07, 6.45) is -1.79. The highest BCUT2D eigenvalue weighted by atomic mass is 35.5. The second-order valence-electron chi connectivity index (χ2n) is 5.52. The van der Waals surface area contributed by atoms with Gasteiger partial charge in [0.25, 0.3) is 0 Å². The largest absolute Gasteiger partial charge is 0.404 e. The molecule has 1 heterocycles. The van der Waals surface area contributed by atoms with Crippen molar-refractivity contribution < 1.29 is 18.0 Å². The van der Waals surface area contributed by atoms with E-state index >= 15 is 0 Å². The number of nitrogens with zero attached hydrogens (tertiary/aromatic N) is 2. The molecule has 0 aromatic heterocycles. The van der Waals surface area contributed by atoms with E-state index in [1.165, 1.54) is 4.90 Å². The van der Waals surface area contributed by atoms with Gasteiger partial charge < -0.3 is 4.84 Å². The molecule has 128 valence electrons. The smallest absolute Gasteiger partial charge is 0.395 e. The van der Waals surface area contributed by atoms with E-state index in [-0.39, 0.29) is 18.2 Å². The average Bonchev–Trinajstić information content (AvgIpc) is 2.55. The third-order valence-electron chi connectivity index (χ3n) is 3.85. The maximum Gasteiger partial charge on any atom is 0.404 e. The molecule has 1 aromatic carbocycles. The highest BCUT2D eigenvalue weighted by molar-refractivity contribution is 6.69. The Bertz CT molecular complexity index is 502. The van der Waals surface area contributed by atoms with Crippen molar-refractivity contribution in [1.82, 2.24) is 4.90 Å². The van der Waals surface area contributed by atoms with Crippen molar-refractivity contribution in [3.05, 3.63) is 35.9 Å². The molecule has 0 aliphatic carbocycles. The number of likely N-dealkylation sites (tertiary alicyclic amines) is 1. The lowest BCUT2D eigenvalue weighted by atomic mass is 10.1. The van der Waals surface area contributed by atoms with Crippen LogP contribution in [-0.4, -0.2) is 42.0 Å². The first kappa shape index (κ1) is 18.1. The topological polar surface area (TPSA) is 24.8 Å². The van der Waals surface area contributed by atoms with Crippen LogP contribution in [0.1, 0.15) is 31.2 Å². The second-order valence-corrected chi connectivity index (χ2v) is 5.88. The molecule has 1 fully saturated rings. The lowest BCUT2D eigenvalue weighted by Crippen LogP contribution is -2.48. The van der Waals surface area contributed by atoms with Crippen molar-refractivity contribution in [3.63, 3.8) is 0 Å². The monoisotopic (exact) mass is 348 g/mol. The Morgan fingerprint density at radius 2 is 1.83 bits per heavy atom. The molecule has 2 rings (SSSR count). The fraction of sp³-hybridized carbons (Fsp3) is 0.562. The minimum Gasteiger partial charge on any atom is -0.395 e. The number of hydrogen-bond donors (Lipinski definition) is 0. The molecule has 3 nitrogen and oxygen atoms in total. The van der Waals surface area contributed by atoms with Gasteiger partial charge in [-0.15, -0.1) is 0 Å². The molecule has 0 amide bonds. The molecule has 7 heteroatoms. The van der Waals surface area contributed by atoms with E-state index in [1.54, 1.807) is 24.3 Å². The molecular formula is C16H20ClF3N2O. The SMILES string of the molecule is FC(F)(F)C(CCON=C(Cl)c1ccccc1)N1CCCCC1. The normalized spacial score (nSPS) is 18.7. The van der Waals surface area contributed by atoms with Crippen molar-refractivity contribution >= 4 is 16.8 Å². The Morgan fingerprint density at radius 3 is 2.43 bits per heavy atom. The number of piperidine rings is 1. The summed E-state index contributed by atoms with van der Waals surface area (Å²) < 4.78 is 39.6. The zero-order valence-electron chi connectivity index (χ0n) is 12.7. The van der Waals surface area contributed by atoms with Crippen LogP contribution < -0.4 is 0 Å². The van der Waals surface area contributed by atoms with Crippen LogP contribution in [0, 0.1) is 0 Å². The highest BCUT2D eigenvalue weighted by Crippen LogP contribution is 2.29. The summed E-state index contributed by atoms with van der Waals surface area (Å²) >= 11 is 5.95. The van der Waals surface area contributed by atoms with E-state index in [1.807, 2.05) is 6.07 Å². The minimum absolute atomic E-state index is 0.121. The highest BCUT2D eigenvalue weighted by Gasteiger charge is 2.43. The van der Waals surface area contributed by atoms with Crippen LogP contribution in [0.25, 0.3) is 0 Å². The molecule has 1 aromatic rings. The summed E-state index contributed by atoms with van der Waals surface area (Å²) in [4.78, 5) is 6.49. The van der Waals surface area contributed by atoms with Crippen LogP contribution >= 0.6 is 11.6 Å². The van der Waals surface area contributed by atoms with Crippen molar-refractivity contribution in [2.75, 3.05) is 19.7 Å². The summed E-state index contributed by atoms with van der Waals surface area (Å²) in [6.45, 7) is 0.847. The fourth-order valence-corrected chi connectivity index (χ4v) is 2.85. The maximum atomic E-state index is 13.2. The van der Waals surface area contributed by atoms with Crippen LogP contribution in [-0.2, 0) is 4.84 Å². The van der Waals surface area contributed by atoms with Crippen molar-refractivity contribution in [2.24, 2.45) is 5.16 Å². The van der Waals surface area contributed by atoms with Crippen LogP contribution in [0.4, 0.5) is 13.2 Å². The van der Waals surface area contributed by atoms with E-state index < -0.39 is 12.2 Å². The molecule has 0 bridgehead atoms. The van der Waals surface area contributed by atoms with Gasteiger partial charge in [-0.05, 0) is 25.9 Å². The zero-order valence-corrected chi connectivity index (χ0v) is 13.5. The van der Waals surface area contributed by atoms with Crippen molar-refractivity contribution in [2.45, 2.75) is 37.9 Å². The molecule has 0 radical (unpaired) electrons. The first-order valence-electron chi connectivity index (χ1n) is 7.70. The summed E-state index contributed by atoms with van der Waals surface area (Å²) in [6, 6.07) is 7.45. The summed E-state index contributed by atoms with van der Waals surface area (Å²) in [7, 11) is 0. The maximum absolute atomic E-state index is 13.2. The molecule has 1 aliphatic rings. The van der Waals surface area contributed by atoms with Crippen molar-refractivity contribution in [1.29, 1.82) is 0 Å². The number of alkyl halides is 3. The van der Waals surface area contributed by atoms with Gasteiger partial charge in [0.1, 0.15) is 12.6 Å². The number of rotatable bonds is 6. The Morgan fingerprint density at radius 1 is 1.17 bits per heavy atom. The van der Waals surface area contributed by atoms with E-state index in [4.69, 9.17) is 16.4 Å². The minimum atomic E-state index is -4.26. The van der Waals surface area contributed by atoms with Gasteiger partial charge in [0.2, 0.25) is 0 Å². The Hall–Kier alpha value is -1.27. The van der Waals surface area contributed by atoms with Gasteiger partial charge in [-0.1, -0.05) is 53.5 Å². The summed E-state index contributed by atoms with van der Waals surface area (Å²) in [5, 5.41) is 3.82. The van der Waals surface area contributed by atoms with Crippen molar-refractivity contribution in [3.8, 4) is 0 Å². The molecule has 0 saturated carbocycles. The van der Waals surface area contributed by atoms with E-state index in [9.17, 15) is 13.2 Å². The Kier molecular flexibility index (Phi) is 6.72. The Balaban J connectivity index is 1.86. The first-order valence-corrected chi connectivity index (χ1v) is 8.08. The van der Waals surface area contributed by atoms with Crippen LogP contribution in [0.2, 0.25) is 0 Å². The lowest BCUT2D eigenvalue weighted by molar-refractivity contribution is -0.190. The van der Waals surface area contributed by atoms with Gasteiger partial charge in [-0.25, -0.2) is 0 Å². The number of halogens is 4. The summed E-state index contributed by atoms with van der Waals surface area (Å²) in [5.74, 6) is 0. The predicted molar refractivity (Wildman–Crippen MR) is 84.7 cm³/mol. The molecule has 1 aliphatic heterocycles. The van der Waals surface area contributed by atoms with Gasteiger partial charge in [0, 0.05) is 12.0 Å². The number of benzene rings is 1. The molecule has 1 atom stereocenters. The van der Waals surface area contributed by atoms with E-state index in [0.29, 0.717) is 18.7 Å².